The van der Waals surface area contributed by atoms with Crippen LogP contribution in [0.25, 0.3) is 0 Å². The molecule has 1 saturated heterocycles. The molecule has 7 nitrogen and oxygen atoms in total. The normalized spacial score (nSPS) is 21.9. The van der Waals surface area contributed by atoms with Gasteiger partial charge in [-0.25, -0.2) is 23.1 Å². The zero-order chi connectivity index (χ0) is 18.2. The maximum atomic E-state index is 11.8. The fourth-order valence-corrected chi connectivity index (χ4v) is 4.58. The summed E-state index contributed by atoms with van der Waals surface area (Å²) in [7, 11) is -3.31. The Morgan fingerprint density at radius 1 is 1.15 bits per heavy atom. The first-order valence-corrected chi connectivity index (χ1v) is 10.6. The second-order valence-electron chi connectivity index (χ2n) is 7.01. The van der Waals surface area contributed by atoms with Gasteiger partial charge in [0.15, 0.2) is 0 Å². The summed E-state index contributed by atoms with van der Waals surface area (Å²) >= 11 is 0. The number of hydrogen-bond donors (Lipinski definition) is 1. The average Bonchev–Trinajstić information content (AvgIpc) is 2.62. The van der Waals surface area contributed by atoms with Crippen LogP contribution in [0.5, 0.6) is 5.75 Å². The number of para-hydroxylation sites is 1. The van der Waals surface area contributed by atoms with E-state index in [4.69, 9.17) is 4.74 Å². The number of nitrogens with one attached hydrogen (secondary N) is 1. The molecule has 0 bridgehead atoms. The molecule has 0 amide bonds. The van der Waals surface area contributed by atoms with E-state index in [9.17, 15) is 8.42 Å². The second kappa shape index (κ2) is 6.51. The zero-order valence-electron chi connectivity index (χ0n) is 14.6. The van der Waals surface area contributed by atoms with Gasteiger partial charge in [0, 0.05) is 50.3 Å². The molecule has 26 heavy (non-hydrogen) atoms. The molecule has 2 aliphatic heterocycles. The van der Waals surface area contributed by atoms with Crippen LogP contribution in [-0.4, -0.2) is 43.3 Å². The molecular weight excluding hydrogens is 352 g/mol. The van der Waals surface area contributed by atoms with Gasteiger partial charge in [0.05, 0.1) is 12.3 Å². The largest absolute Gasteiger partial charge is 0.487 e. The topological polar surface area (TPSA) is 84.4 Å². The van der Waals surface area contributed by atoms with Crippen LogP contribution in [0.4, 0.5) is 5.95 Å². The predicted molar refractivity (Wildman–Crippen MR) is 98.6 cm³/mol. The van der Waals surface area contributed by atoms with Gasteiger partial charge in [-0.1, -0.05) is 18.2 Å². The van der Waals surface area contributed by atoms with Gasteiger partial charge in [-0.3, -0.25) is 0 Å². The van der Waals surface area contributed by atoms with Crippen molar-refractivity contribution in [3.63, 3.8) is 0 Å². The van der Waals surface area contributed by atoms with Crippen LogP contribution >= 0.6 is 0 Å². The summed E-state index contributed by atoms with van der Waals surface area (Å²) in [5, 5.41) is 0. The zero-order valence-corrected chi connectivity index (χ0v) is 15.4. The summed E-state index contributed by atoms with van der Waals surface area (Å²) < 4.78 is 32.9. The number of fused-ring (bicyclic) bond motifs is 1. The number of rotatable bonds is 3. The van der Waals surface area contributed by atoms with Crippen molar-refractivity contribution >= 4 is 16.0 Å². The minimum Gasteiger partial charge on any atom is -0.487 e. The van der Waals surface area contributed by atoms with Crippen molar-refractivity contribution in [2.24, 2.45) is 0 Å². The molecular formula is C18H22N4O3S. The number of sulfonamides is 1. The first kappa shape index (κ1) is 17.2. The second-order valence-corrected chi connectivity index (χ2v) is 8.79. The molecule has 2 aliphatic rings. The average molecular weight is 374 g/mol. The molecule has 0 aliphatic carbocycles. The highest BCUT2D eigenvalue weighted by molar-refractivity contribution is 7.88. The Morgan fingerprint density at radius 2 is 1.85 bits per heavy atom. The van der Waals surface area contributed by atoms with Crippen molar-refractivity contribution in [1.82, 2.24) is 14.7 Å². The van der Waals surface area contributed by atoms with Gasteiger partial charge in [-0.15, -0.1) is 0 Å². The number of hydrogen-bond acceptors (Lipinski definition) is 6. The lowest BCUT2D eigenvalue weighted by Crippen LogP contribution is -2.52. The smallest absolute Gasteiger partial charge is 0.225 e. The van der Waals surface area contributed by atoms with Gasteiger partial charge in [0.1, 0.15) is 11.4 Å². The lowest BCUT2D eigenvalue weighted by Gasteiger charge is -2.46. The minimum atomic E-state index is -3.31. The van der Waals surface area contributed by atoms with Crippen molar-refractivity contribution in [2.75, 3.05) is 24.2 Å². The third kappa shape index (κ3) is 3.52. The van der Waals surface area contributed by atoms with E-state index < -0.39 is 10.0 Å². The third-order valence-corrected chi connectivity index (χ3v) is 5.78. The van der Waals surface area contributed by atoms with Crippen LogP contribution < -0.4 is 14.4 Å². The van der Waals surface area contributed by atoms with E-state index in [-0.39, 0.29) is 11.6 Å². The first-order chi connectivity index (χ1) is 12.4. The fraction of sp³-hybridized carbons (Fsp3) is 0.444. The number of ether oxygens (including phenoxy) is 1. The molecule has 4 rings (SSSR count). The summed E-state index contributed by atoms with van der Waals surface area (Å²) in [4.78, 5) is 10.8. The SMILES string of the molecule is CS(=O)(=O)NC1CC2(CCN(c3ncccn3)CC2)Oc2ccccc21. The summed E-state index contributed by atoms with van der Waals surface area (Å²) in [6.45, 7) is 1.55. The lowest BCUT2D eigenvalue weighted by molar-refractivity contribution is 0.0110. The van der Waals surface area contributed by atoms with Crippen LogP contribution in [0.2, 0.25) is 0 Å². The number of nitrogens with zero attached hydrogens (tertiary/aromatic N) is 3. The molecule has 1 unspecified atom stereocenters. The van der Waals surface area contributed by atoms with Crippen LogP contribution in [0.1, 0.15) is 30.9 Å². The fourth-order valence-electron chi connectivity index (χ4n) is 3.86. The van der Waals surface area contributed by atoms with E-state index >= 15 is 0 Å². The van der Waals surface area contributed by atoms with E-state index in [1.54, 1.807) is 18.5 Å². The van der Waals surface area contributed by atoms with Crippen molar-refractivity contribution in [2.45, 2.75) is 30.9 Å². The summed E-state index contributed by atoms with van der Waals surface area (Å²) in [6, 6.07) is 9.21. The molecule has 1 fully saturated rings. The predicted octanol–water partition coefficient (Wildman–Crippen LogP) is 1.89. The van der Waals surface area contributed by atoms with Crippen molar-refractivity contribution in [3.8, 4) is 5.75 Å². The van der Waals surface area contributed by atoms with E-state index in [0.717, 1.165) is 43.2 Å². The van der Waals surface area contributed by atoms with E-state index in [0.29, 0.717) is 6.42 Å². The maximum Gasteiger partial charge on any atom is 0.225 e. The molecule has 3 heterocycles. The van der Waals surface area contributed by atoms with Crippen LogP contribution in [0.3, 0.4) is 0 Å². The number of anilines is 1. The van der Waals surface area contributed by atoms with Crippen LogP contribution in [0, 0.1) is 0 Å². The van der Waals surface area contributed by atoms with Gasteiger partial charge in [-0.2, -0.15) is 0 Å². The van der Waals surface area contributed by atoms with Gasteiger partial charge in [0.2, 0.25) is 16.0 Å². The molecule has 1 N–H and O–H groups in total. The number of aromatic nitrogens is 2. The highest BCUT2D eigenvalue weighted by Crippen LogP contribution is 2.44. The van der Waals surface area contributed by atoms with Crippen LogP contribution in [0.15, 0.2) is 42.7 Å². The molecule has 1 aromatic heterocycles. The molecule has 0 radical (unpaired) electrons. The Bertz CT molecular complexity index is 880. The molecule has 138 valence electrons. The van der Waals surface area contributed by atoms with E-state index in [2.05, 4.69) is 19.6 Å². The monoisotopic (exact) mass is 374 g/mol. The lowest BCUT2D eigenvalue weighted by atomic mass is 9.81. The summed E-state index contributed by atoms with van der Waals surface area (Å²) in [6.07, 6.45) is 6.90. The molecule has 1 aromatic carbocycles. The Labute approximate surface area is 153 Å². The summed E-state index contributed by atoms with van der Waals surface area (Å²) in [5.74, 6) is 1.49. The molecule has 1 atom stereocenters. The summed E-state index contributed by atoms with van der Waals surface area (Å²) in [5.41, 5.74) is 0.527. The number of piperidine rings is 1. The van der Waals surface area contributed by atoms with Gasteiger partial charge < -0.3 is 9.64 Å². The molecule has 0 saturated carbocycles. The third-order valence-electron chi connectivity index (χ3n) is 5.06. The Kier molecular flexibility index (Phi) is 4.32. The Hall–Kier alpha value is -2.19. The molecule has 8 heteroatoms. The van der Waals surface area contributed by atoms with Gasteiger partial charge in [-0.05, 0) is 12.1 Å². The van der Waals surface area contributed by atoms with E-state index in [1.807, 2.05) is 24.3 Å². The van der Waals surface area contributed by atoms with Gasteiger partial charge in [0.25, 0.3) is 0 Å². The number of benzene rings is 1. The highest BCUT2D eigenvalue weighted by Gasteiger charge is 2.44. The maximum absolute atomic E-state index is 11.8. The molecule has 2 aromatic rings. The Balaban J connectivity index is 1.56. The molecule has 1 spiro atoms. The standard InChI is InChI=1S/C18H22N4O3S/c1-26(23,24)21-15-13-18(25-16-6-3-2-5-14(15)16)7-11-22(12-8-18)17-19-9-4-10-20-17/h2-6,9-10,15,21H,7-8,11-13H2,1H3. The highest BCUT2D eigenvalue weighted by atomic mass is 32.2. The Morgan fingerprint density at radius 3 is 2.54 bits per heavy atom. The van der Waals surface area contributed by atoms with Gasteiger partial charge >= 0.3 is 0 Å². The first-order valence-electron chi connectivity index (χ1n) is 8.71. The van der Waals surface area contributed by atoms with Crippen molar-refractivity contribution < 1.29 is 13.2 Å². The van der Waals surface area contributed by atoms with Crippen molar-refractivity contribution in [1.29, 1.82) is 0 Å². The quantitative estimate of drug-likeness (QED) is 0.883. The van der Waals surface area contributed by atoms with Crippen LogP contribution in [-0.2, 0) is 10.0 Å². The minimum absolute atomic E-state index is 0.269. The van der Waals surface area contributed by atoms with Crippen molar-refractivity contribution in [3.05, 3.63) is 48.3 Å². The van der Waals surface area contributed by atoms with E-state index in [1.165, 1.54) is 6.26 Å².